The van der Waals surface area contributed by atoms with Gasteiger partial charge in [-0.2, -0.15) is 0 Å². The Kier molecular flexibility index (Phi) is 6.03. The van der Waals surface area contributed by atoms with E-state index in [9.17, 15) is 9.59 Å². The predicted molar refractivity (Wildman–Crippen MR) is 80.7 cm³/mol. The summed E-state index contributed by atoms with van der Waals surface area (Å²) in [6, 6.07) is 0.134. The summed E-state index contributed by atoms with van der Waals surface area (Å²) in [5.41, 5.74) is 5.71. The Morgan fingerprint density at radius 2 is 1.81 bits per heavy atom. The fourth-order valence-corrected chi connectivity index (χ4v) is 3.76. The van der Waals surface area contributed by atoms with Gasteiger partial charge in [-0.1, -0.05) is 0 Å². The third-order valence-electron chi connectivity index (χ3n) is 5.13. The van der Waals surface area contributed by atoms with Crippen molar-refractivity contribution in [3.05, 3.63) is 0 Å². The number of nitrogens with zero attached hydrogens (tertiary/aromatic N) is 1. The number of carbonyl (C=O) groups excluding carboxylic acids is 1. The molecule has 5 nitrogen and oxygen atoms in total. The lowest BCUT2D eigenvalue weighted by atomic mass is 9.81. The molecule has 2 rings (SSSR count). The van der Waals surface area contributed by atoms with Gasteiger partial charge in [-0.25, -0.2) is 0 Å². The van der Waals surface area contributed by atoms with Crippen LogP contribution >= 0.6 is 0 Å². The SMILES string of the molecule is NCC1CCC(C(=O)N2CCCCC2CCC(=O)O)CC1. The van der Waals surface area contributed by atoms with Crippen molar-refractivity contribution in [2.45, 2.75) is 63.8 Å². The van der Waals surface area contributed by atoms with Gasteiger partial charge in [0.15, 0.2) is 0 Å². The molecule has 1 unspecified atom stereocenters. The first-order chi connectivity index (χ1) is 10.1. The van der Waals surface area contributed by atoms with Crippen molar-refractivity contribution < 1.29 is 14.7 Å². The number of rotatable bonds is 5. The molecule has 1 heterocycles. The highest BCUT2D eigenvalue weighted by molar-refractivity contribution is 5.79. The molecule has 1 aliphatic heterocycles. The molecular formula is C16H28N2O3. The van der Waals surface area contributed by atoms with Crippen LogP contribution in [-0.4, -0.2) is 41.0 Å². The Morgan fingerprint density at radius 1 is 1.10 bits per heavy atom. The summed E-state index contributed by atoms with van der Waals surface area (Å²) in [7, 11) is 0. The third-order valence-corrected chi connectivity index (χ3v) is 5.13. The number of carbonyl (C=O) groups is 2. The minimum absolute atomic E-state index is 0.134. The molecule has 0 aromatic rings. The molecule has 1 aliphatic carbocycles. The quantitative estimate of drug-likeness (QED) is 0.812. The molecule has 0 bridgehead atoms. The van der Waals surface area contributed by atoms with Crippen LogP contribution in [0.4, 0.5) is 0 Å². The molecule has 2 fully saturated rings. The molecule has 21 heavy (non-hydrogen) atoms. The van der Waals surface area contributed by atoms with Gasteiger partial charge in [-0.05, 0) is 63.8 Å². The summed E-state index contributed by atoms with van der Waals surface area (Å²) in [6.07, 6.45) is 7.87. The lowest BCUT2D eigenvalue weighted by Gasteiger charge is -2.39. The first-order valence-electron chi connectivity index (χ1n) is 8.34. The van der Waals surface area contributed by atoms with Crippen LogP contribution in [0.2, 0.25) is 0 Å². The van der Waals surface area contributed by atoms with Crippen molar-refractivity contribution in [2.75, 3.05) is 13.1 Å². The second-order valence-corrected chi connectivity index (χ2v) is 6.57. The monoisotopic (exact) mass is 296 g/mol. The molecular weight excluding hydrogens is 268 g/mol. The van der Waals surface area contributed by atoms with Crippen molar-refractivity contribution >= 4 is 11.9 Å². The lowest BCUT2D eigenvalue weighted by molar-refractivity contribution is -0.143. The zero-order valence-corrected chi connectivity index (χ0v) is 12.8. The Morgan fingerprint density at radius 3 is 2.43 bits per heavy atom. The van der Waals surface area contributed by atoms with Gasteiger partial charge in [-0.3, -0.25) is 9.59 Å². The second-order valence-electron chi connectivity index (χ2n) is 6.57. The Bertz CT molecular complexity index is 365. The molecule has 3 N–H and O–H groups in total. The van der Waals surface area contributed by atoms with Crippen LogP contribution in [0.3, 0.4) is 0 Å². The van der Waals surface area contributed by atoms with Crippen molar-refractivity contribution in [3.63, 3.8) is 0 Å². The summed E-state index contributed by atoms with van der Waals surface area (Å²) < 4.78 is 0. The minimum atomic E-state index is -0.767. The van der Waals surface area contributed by atoms with Crippen LogP contribution in [-0.2, 0) is 9.59 Å². The molecule has 2 aliphatic rings. The van der Waals surface area contributed by atoms with E-state index in [0.717, 1.165) is 58.0 Å². The van der Waals surface area contributed by atoms with Gasteiger partial charge in [0.05, 0.1) is 0 Å². The van der Waals surface area contributed by atoms with E-state index in [2.05, 4.69) is 0 Å². The van der Waals surface area contributed by atoms with Crippen LogP contribution in [0.25, 0.3) is 0 Å². The fraction of sp³-hybridized carbons (Fsp3) is 0.875. The normalized spacial score (nSPS) is 30.1. The highest BCUT2D eigenvalue weighted by Gasteiger charge is 2.33. The fourth-order valence-electron chi connectivity index (χ4n) is 3.76. The molecule has 5 heteroatoms. The highest BCUT2D eigenvalue weighted by atomic mass is 16.4. The van der Waals surface area contributed by atoms with Crippen molar-refractivity contribution in [2.24, 2.45) is 17.6 Å². The zero-order chi connectivity index (χ0) is 15.2. The van der Waals surface area contributed by atoms with E-state index in [1.165, 1.54) is 0 Å². The molecule has 1 amide bonds. The van der Waals surface area contributed by atoms with Crippen molar-refractivity contribution in [1.29, 1.82) is 0 Å². The maximum absolute atomic E-state index is 12.8. The second kappa shape index (κ2) is 7.78. The number of likely N-dealkylation sites (tertiary alicyclic amines) is 1. The van der Waals surface area contributed by atoms with Gasteiger partial charge in [0, 0.05) is 24.9 Å². The first-order valence-corrected chi connectivity index (χ1v) is 8.34. The Labute approximate surface area is 126 Å². The Balaban J connectivity index is 1.90. The standard InChI is InChI=1S/C16H28N2O3/c17-11-12-4-6-13(7-5-12)16(21)18-10-2-1-3-14(18)8-9-15(19)20/h12-14H,1-11,17H2,(H,19,20). The maximum atomic E-state index is 12.8. The van der Waals surface area contributed by atoms with E-state index >= 15 is 0 Å². The van der Waals surface area contributed by atoms with Gasteiger partial charge in [-0.15, -0.1) is 0 Å². The zero-order valence-electron chi connectivity index (χ0n) is 12.8. The molecule has 120 valence electrons. The maximum Gasteiger partial charge on any atom is 0.303 e. The highest BCUT2D eigenvalue weighted by Crippen LogP contribution is 2.32. The van der Waals surface area contributed by atoms with Crippen LogP contribution < -0.4 is 5.73 Å². The largest absolute Gasteiger partial charge is 0.481 e. The molecule has 0 aromatic carbocycles. The topological polar surface area (TPSA) is 83.6 Å². The van der Waals surface area contributed by atoms with E-state index in [-0.39, 0.29) is 24.3 Å². The average molecular weight is 296 g/mol. The number of piperidine rings is 1. The van der Waals surface area contributed by atoms with E-state index in [1.54, 1.807) is 0 Å². The molecule has 1 atom stereocenters. The molecule has 1 saturated heterocycles. The summed E-state index contributed by atoms with van der Waals surface area (Å²) >= 11 is 0. The number of aliphatic carboxylic acids is 1. The van der Waals surface area contributed by atoms with E-state index in [1.807, 2.05) is 4.90 Å². The molecule has 0 radical (unpaired) electrons. The van der Waals surface area contributed by atoms with Crippen LogP contribution in [0.5, 0.6) is 0 Å². The van der Waals surface area contributed by atoms with Gasteiger partial charge >= 0.3 is 5.97 Å². The van der Waals surface area contributed by atoms with E-state index in [4.69, 9.17) is 10.8 Å². The lowest BCUT2D eigenvalue weighted by Crippen LogP contribution is -2.47. The number of hydrogen-bond donors (Lipinski definition) is 2. The van der Waals surface area contributed by atoms with E-state index < -0.39 is 5.97 Å². The summed E-state index contributed by atoms with van der Waals surface area (Å²) in [5.74, 6) is 0.216. The summed E-state index contributed by atoms with van der Waals surface area (Å²) in [6.45, 7) is 1.53. The third kappa shape index (κ3) is 4.43. The number of amides is 1. The first kappa shape index (κ1) is 16.3. The van der Waals surface area contributed by atoms with Crippen molar-refractivity contribution in [3.8, 4) is 0 Å². The van der Waals surface area contributed by atoms with Gasteiger partial charge in [0.25, 0.3) is 0 Å². The molecule has 1 saturated carbocycles. The summed E-state index contributed by atoms with van der Waals surface area (Å²) in [4.78, 5) is 25.5. The smallest absolute Gasteiger partial charge is 0.303 e. The summed E-state index contributed by atoms with van der Waals surface area (Å²) in [5, 5.41) is 8.86. The van der Waals surface area contributed by atoms with Gasteiger partial charge < -0.3 is 15.7 Å². The minimum Gasteiger partial charge on any atom is -0.481 e. The van der Waals surface area contributed by atoms with Crippen molar-refractivity contribution in [1.82, 2.24) is 4.90 Å². The molecule has 0 spiro atoms. The van der Waals surface area contributed by atoms with Crippen LogP contribution in [0.15, 0.2) is 0 Å². The average Bonchev–Trinajstić information content (AvgIpc) is 2.52. The van der Waals surface area contributed by atoms with Crippen LogP contribution in [0.1, 0.15) is 57.8 Å². The number of carboxylic acid groups (broad SMARTS) is 1. The number of carboxylic acids is 1. The van der Waals surface area contributed by atoms with Crippen LogP contribution in [0, 0.1) is 11.8 Å². The van der Waals surface area contributed by atoms with Gasteiger partial charge in [0.1, 0.15) is 0 Å². The Hall–Kier alpha value is -1.10. The number of nitrogens with two attached hydrogens (primary N) is 1. The predicted octanol–water partition coefficient (Wildman–Crippen LogP) is 2.00. The number of hydrogen-bond acceptors (Lipinski definition) is 3. The van der Waals surface area contributed by atoms with E-state index in [0.29, 0.717) is 12.3 Å². The molecule has 0 aromatic heterocycles. The van der Waals surface area contributed by atoms with Gasteiger partial charge in [0.2, 0.25) is 5.91 Å².